The van der Waals surface area contributed by atoms with Gasteiger partial charge < -0.3 is 5.11 Å². The highest BCUT2D eigenvalue weighted by molar-refractivity contribution is 4.94. The van der Waals surface area contributed by atoms with Crippen LogP contribution < -0.4 is 0 Å². The number of rotatable bonds is 5. The van der Waals surface area contributed by atoms with Gasteiger partial charge in [-0.25, -0.2) is 0 Å². The summed E-state index contributed by atoms with van der Waals surface area (Å²) < 4.78 is 0. The van der Waals surface area contributed by atoms with Crippen LogP contribution in [0.3, 0.4) is 0 Å². The summed E-state index contributed by atoms with van der Waals surface area (Å²) in [6.45, 7) is 2.25. The van der Waals surface area contributed by atoms with E-state index in [1.165, 1.54) is 77.0 Å². The summed E-state index contributed by atoms with van der Waals surface area (Å²) in [4.78, 5) is 0. The molecular weight excluding hydrogens is 232 g/mol. The zero-order valence-electron chi connectivity index (χ0n) is 12.3. The van der Waals surface area contributed by atoms with Gasteiger partial charge in [-0.15, -0.1) is 0 Å². The summed E-state index contributed by atoms with van der Waals surface area (Å²) in [7, 11) is 0. The molecule has 0 saturated heterocycles. The van der Waals surface area contributed by atoms with Gasteiger partial charge in [0.25, 0.3) is 0 Å². The minimum atomic E-state index is -0.309. The maximum absolute atomic E-state index is 11.4. The van der Waals surface area contributed by atoms with Crippen LogP contribution in [0.2, 0.25) is 0 Å². The molecule has 1 N–H and O–H groups in total. The third-order valence-corrected chi connectivity index (χ3v) is 5.56. The topological polar surface area (TPSA) is 20.2 Å². The van der Waals surface area contributed by atoms with Crippen LogP contribution in [0.4, 0.5) is 0 Å². The Kier molecular flexibility index (Phi) is 7.42. The van der Waals surface area contributed by atoms with Gasteiger partial charge in [-0.2, -0.15) is 0 Å². The average Bonchev–Trinajstić information content (AvgIpc) is 2.46. The van der Waals surface area contributed by atoms with Crippen molar-refractivity contribution in [2.75, 3.05) is 0 Å². The Balaban J connectivity index is 0.00000180. The summed E-state index contributed by atoms with van der Waals surface area (Å²) in [5.41, 5.74) is -0.309. The molecule has 0 radical (unpaired) electrons. The van der Waals surface area contributed by atoms with Gasteiger partial charge in [0, 0.05) is 0 Å². The van der Waals surface area contributed by atoms with Gasteiger partial charge in [0.05, 0.1) is 5.60 Å². The molecule has 0 spiro atoms. The first-order valence-corrected chi connectivity index (χ1v) is 8.49. The minimum absolute atomic E-state index is 0. The second kappa shape index (κ2) is 8.29. The standard InChI is InChI=1S/C17H32O.CH4/c1-2-3-14-17(18,15-10-6-4-7-11-15)16-12-8-5-9-13-16;/h15-16,18H,2-14H2,1H3;1H4. The Bertz CT molecular complexity index is 206. The van der Waals surface area contributed by atoms with E-state index in [0.717, 1.165) is 6.42 Å². The van der Waals surface area contributed by atoms with Crippen molar-refractivity contribution < 1.29 is 5.11 Å². The maximum atomic E-state index is 11.4. The number of aliphatic hydroxyl groups is 1. The lowest BCUT2D eigenvalue weighted by Gasteiger charge is -2.46. The van der Waals surface area contributed by atoms with Crippen molar-refractivity contribution in [1.29, 1.82) is 0 Å². The monoisotopic (exact) mass is 268 g/mol. The van der Waals surface area contributed by atoms with Crippen molar-refractivity contribution in [3.8, 4) is 0 Å². The Labute approximate surface area is 121 Å². The first kappa shape index (κ1) is 17.0. The minimum Gasteiger partial charge on any atom is -0.389 e. The lowest BCUT2D eigenvalue weighted by Crippen LogP contribution is -2.46. The highest BCUT2D eigenvalue weighted by Gasteiger charge is 2.43. The van der Waals surface area contributed by atoms with Crippen molar-refractivity contribution >= 4 is 0 Å². The summed E-state index contributed by atoms with van der Waals surface area (Å²) in [5, 5.41) is 11.4. The highest BCUT2D eigenvalue weighted by atomic mass is 16.3. The molecule has 114 valence electrons. The van der Waals surface area contributed by atoms with Crippen LogP contribution in [0.25, 0.3) is 0 Å². The largest absolute Gasteiger partial charge is 0.389 e. The summed E-state index contributed by atoms with van der Waals surface area (Å²) in [6.07, 6.45) is 16.9. The van der Waals surface area contributed by atoms with E-state index in [1.807, 2.05) is 0 Å². The number of unbranched alkanes of at least 4 members (excludes halogenated alkanes) is 1. The van der Waals surface area contributed by atoms with Crippen molar-refractivity contribution in [1.82, 2.24) is 0 Å². The molecule has 0 aliphatic heterocycles. The van der Waals surface area contributed by atoms with E-state index in [9.17, 15) is 5.11 Å². The Hall–Kier alpha value is -0.0400. The zero-order valence-corrected chi connectivity index (χ0v) is 12.3. The molecule has 2 rings (SSSR count). The van der Waals surface area contributed by atoms with Crippen molar-refractivity contribution in [2.45, 2.75) is 103 Å². The number of hydrogen-bond donors (Lipinski definition) is 1. The van der Waals surface area contributed by atoms with E-state index in [-0.39, 0.29) is 13.0 Å². The predicted molar refractivity (Wildman–Crippen MR) is 84.4 cm³/mol. The van der Waals surface area contributed by atoms with E-state index in [2.05, 4.69) is 6.92 Å². The van der Waals surface area contributed by atoms with Crippen molar-refractivity contribution in [2.24, 2.45) is 11.8 Å². The smallest absolute Gasteiger partial charge is 0.0703 e. The quantitative estimate of drug-likeness (QED) is 0.677. The summed E-state index contributed by atoms with van der Waals surface area (Å²) >= 11 is 0. The molecule has 0 amide bonds. The van der Waals surface area contributed by atoms with Crippen LogP contribution in [0, 0.1) is 11.8 Å². The fraction of sp³-hybridized carbons (Fsp3) is 1.00. The van der Waals surface area contributed by atoms with E-state index in [0.29, 0.717) is 11.8 Å². The van der Waals surface area contributed by atoms with Crippen LogP contribution in [0.15, 0.2) is 0 Å². The Morgan fingerprint density at radius 1 is 0.842 bits per heavy atom. The molecule has 2 aliphatic carbocycles. The van der Waals surface area contributed by atoms with Crippen LogP contribution in [0.5, 0.6) is 0 Å². The van der Waals surface area contributed by atoms with Gasteiger partial charge in [-0.05, 0) is 43.9 Å². The zero-order chi connectivity index (χ0) is 12.8. The number of hydrogen-bond acceptors (Lipinski definition) is 1. The molecule has 0 unspecified atom stereocenters. The van der Waals surface area contributed by atoms with Crippen molar-refractivity contribution in [3.05, 3.63) is 0 Å². The molecule has 0 aromatic heterocycles. The first-order chi connectivity index (χ1) is 8.77. The molecule has 0 atom stereocenters. The second-order valence-corrected chi connectivity index (χ2v) is 6.76. The van der Waals surface area contributed by atoms with Gasteiger partial charge in [-0.3, -0.25) is 0 Å². The van der Waals surface area contributed by atoms with Crippen LogP contribution in [-0.4, -0.2) is 10.7 Å². The molecule has 1 nitrogen and oxygen atoms in total. The third-order valence-electron chi connectivity index (χ3n) is 5.56. The first-order valence-electron chi connectivity index (χ1n) is 8.49. The lowest BCUT2D eigenvalue weighted by atomic mass is 9.64. The molecule has 19 heavy (non-hydrogen) atoms. The van der Waals surface area contributed by atoms with Gasteiger partial charge in [0.15, 0.2) is 0 Å². The molecule has 1 heteroatoms. The predicted octanol–water partition coefficient (Wildman–Crippen LogP) is 5.70. The molecule has 0 aromatic rings. The van der Waals surface area contributed by atoms with Gasteiger partial charge in [0.1, 0.15) is 0 Å². The van der Waals surface area contributed by atoms with E-state index < -0.39 is 0 Å². The highest BCUT2D eigenvalue weighted by Crippen LogP contribution is 2.45. The Morgan fingerprint density at radius 2 is 1.26 bits per heavy atom. The molecule has 0 aromatic carbocycles. The molecule has 2 saturated carbocycles. The van der Waals surface area contributed by atoms with Crippen molar-refractivity contribution in [3.63, 3.8) is 0 Å². The average molecular weight is 268 g/mol. The van der Waals surface area contributed by atoms with Crippen LogP contribution in [-0.2, 0) is 0 Å². The van der Waals surface area contributed by atoms with Crippen LogP contribution >= 0.6 is 0 Å². The van der Waals surface area contributed by atoms with Gasteiger partial charge in [0.2, 0.25) is 0 Å². The van der Waals surface area contributed by atoms with Gasteiger partial charge in [-0.1, -0.05) is 65.7 Å². The molecule has 0 bridgehead atoms. The lowest BCUT2D eigenvalue weighted by molar-refractivity contribution is -0.0987. The fourth-order valence-electron chi connectivity index (χ4n) is 4.41. The molecular formula is C18H36O. The normalized spacial score (nSPS) is 23.1. The van der Waals surface area contributed by atoms with E-state index in [4.69, 9.17) is 0 Å². The molecule has 0 heterocycles. The molecule has 2 aliphatic rings. The third kappa shape index (κ3) is 4.21. The van der Waals surface area contributed by atoms with E-state index >= 15 is 0 Å². The summed E-state index contributed by atoms with van der Waals surface area (Å²) in [5.74, 6) is 1.22. The fourth-order valence-corrected chi connectivity index (χ4v) is 4.41. The van der Waals surface area contributed by atoms with Crippen LogP contribution in [0.1, 0.15) is 97.8 Å². The molecule has 2 fully saturated rings. The maximum Gasteiger partial charge on any atom is 0.0703 e. The van der Waals surface area contributed by atoms with Gasteiger partial charge >= 0.3 is 0 Å². The Morgan fingerprint density at radius 3 is 1.63 bits per heavy atom. The second-order valence-electron chi connectivity index (χ2n) is 6.76. The summed E-state index contributed by atoms with van der Waals surface area (Å²) in [6, 6.07) is 0. The van der Waals surface area contributed by atoms with E-state index in [1.54, 1.807) is 0 Å². The SMILES string of the molecule is C.CCCCC(O)(C1CCCCC1)C1CCCCC1.